The molecular formula is C13H18N4O. The fourth-order valence-corrected chi connectivity index (χ4v) is 2.78. The van der Waals surface area contributed by atoms with Gasteiger partial charge in [-0.3, -0.25) is 4.79 Å². The van der Waals surface area contributed by atoms with E-state index in [1.165, 1.54) is 0 Å². The maximum absolute atomic E-state index is 11.9. The molecule has 1 fully saturated rings. The van der Waals surface area contributed by atoms with Gasteiger partial charge in [0.25, 0.3) is 0 Å². The summed E-state index contributed by atoms with van der Waals surface area (Å²) in [6.07, 6.45) is 4.14. The van der Waals surface area contributed by atoms with E-state index < -0.39 is 0 Å². The summed E-state index contributed by atoms with van der Waals surface area (Å²) in [6.45, 7) is 2.51. The van der Waals surface area contributed by atoms with E-state index in [2.05, 4.69) is 15.3 Å². The molecule has 5 nitrogen and oxygen atoms in total. The van der Waals surface area contributed by atoms with Crippen molar-refractivity contribution >= 4 is 5.78 Å². The first kappa shape index (κ1) is 11.7. The molecule has 2 atom stereocenters. The minimum atomic E-state index is 0.141. The zero-order chi connectivity index (χ0) is 12.5. The van der Waals surface area contributed by atoms with Crippen molar-refractivity contribution in [2.45, 2.75) is 25.2 Å². The number of ketones is 1. The van der Waals surface area contributed by atoms with E-state index in [1.54, 1.807) is 6.20 Å². The average Bonchev–Trinajstić information content (AvgIpc) is 2.91. The number of rotatable bonds is 2. The highest BCUT2D eigenvalue weighted by Crippen LogP contribution is 2.26. The van der Waals surface area contributed by atoms with Crippen LogP contribution in [0.4, 0.5) is 0 Å². The Morgan fingerprint density at radius 2 is 2.33 bits per heavy atom. The molecule has 0 bridgehead atoms. The molecule has 1 aliphatic carbocycles. The van der Waals surface area contributed by atoms with E-state index in [0.717, 1.165) is 37.4 Å². The third-order valence-electron chi connectivity index (χ3n) is 3.90. The van der Waals surface area contributed by atoms with Gasteiger partial charge in [-0.05, 0) is 31.8 Å². The Hall–Kier alpha value is -1.33. The number of nitrogens with one attached hydrogen (secondary N) is 1. The highest BCUT2D eigenvalue weighted by molar-refractivity contribution is 5.97. The van der Waals surface area contributed by atoms with Crippen molar-refractivity contribution in [3.05, 3.63) is 23.3 Å². The summed E-state index contributed by atoms with van der Waals surface area (Å²) in [5.41, 5.74) is 7.28. The number of aromatic nitrogens is 2. The molecule has 96 valence electrons. The first-order valence-electron chi connectivity index (χ1n) is 6.57. The van der Waals surface area contributed by atoms with Gasteiger partial charge in [0, 0.05) is 25.1 Å². The Kier molecular flexibility index (Phi) is 3.09. The topological polar surface area (TPSA) is 80.9 Å². The molecule has 0 aromatic carbocycles. The van der Waals surface area contributed by atoms with Gasteiger partial charge in [-0.25, -0.2) is 9.97 Å². The van der Waals surface area contributed by atoms with E-state index in [0.29, 0.717) is 24.4 Å². The molecule has 18 heavy (non-hydrogen) atoms. The highest BCUT2D eigenvalue weighted by atomic mass is 16.1. The van der Waals surface area contributed by atoms with Gasteiger partial charge in [0.1, 0.15) is 5.82 Å². The molecule has 3 rings (SSSR count). The van der Waals surface area contributed by atoms with Gasteiger partial charge < -0.3 is 11.1 Å². The van der Waals surface area contributed by atoms with E-state index in [1.807, 2.05) is 0 Å². The van der Waals surface area contributed by atoms with Crippen LogP contribution in [0.3, 0.4) is 0 Å². The predicted molar refractivity (Wildman–Crippen MR) is 67.5 cm³/mol. The van der Waals surface area contributed by atoms with Crippen LogP contribution < -0.4 is 11.1 Å². The smallest absolute Gasteiger partial charge is 0.166 e. The number of nitrogens with zero attached hydrogens (tertiary/aromatic N) is 2. The Bertz CT molecular complexity index is 468. The van der Waals surface area contributed by atoms with Gasteiger partial charge in [-0.1, -0.05) is 0 Å². The number of hydrogen-bond donors (Lipinski definition) is 2. The second kappa shape index (κ2) is 4.74. The lowest BCUT2D eigenvalue weighted by molar-refractivity contribution is 0.0948. The molecule has 1 aromatic heterocycles. The molecular weight excluding hydrogens is 228 g/mol. The monoisotopic (exact) mass is 246 g/mol. The summed E-state index contributed by atoms with van der Waals surface area (Å²) in [6, 6.07) is 0. The lowest BCUT2D eigenvalue weighted by atomic mass is 9.86. The molecule has 1 aromatic rings. The van der Waals surface area contributed by atoms with E-state index >= 15 is 0 Å². The maximum Gasteiger partial charge on any atom is 0.166 e. The fourth-order valence-electron chi connectivity index (χ4n) is 2.78. The molecule has 0 saturated carbocycles. The van der Waals surface area contributed by atoms with E-state index in [4.69, 9.17) is 5.73 Å². The van der Waals surface area contributed by atoms with Crippen LogP contribution in [0.1, 0.15) is 40.6 Å². The van der Waals surface area contributed by atoms with E-state index in [-0.39, 0.29) is 11.7 Å². The van der Waals surface area contributed by atoms with Gasteiger partial charge in [0.05, 0.1) is 11.3 Å². The van der Waals surface area contributed by atoms with Crippen LogP contribution in [0.2, 0.25) is 0 Å². The molecule has 1 saturated heterocycles. The van der Waals surface area contributed by atoms with Crippen LogP contribution in [0.15, 0.2) is 6.20 Å². The lowest BCUT2D eigenvalue weighted by Gasteiger charge is -2.22. The number of Topliss-reactive ketones (excluding diaryl/α,β-unsaturated/α-hetero) is 1. The van der Waals surface area contributed by atoms with Crippen LogP contribution in [0.25, 0.3) is 0 Å². The largest absolute Gasteiger partial charge is 0.330 e. The van der Waals surface area contributed by atoms with Crippen LogP contribution in [0.5, 0.6) is 0 Å². The van der Waals surface area contributed by atoms with E-state index in [9.17, 15) is 4.79 Å². The minimum absolute atomic E-state index is 0.141. The number of hydrogen-bond acceptors (Lipinski definition) is 5. The molecule has 0 radical (unpaired) electrons. The Morgan fingerprint density at radius 3 is 3.06 bits per heavy atom. The van der Waals surface area contributed by atoms with Crippen LogP contribution in [-0.2, 0) is 6.42 Å². The molecule has 2 unspecified atom stereocenters. The summed E-state index contributed by atoms with van der Waals surface area (Å²) in [5.74, 6) is 1.66. The fraction of sp³-hybridized carbons (Fsp3) is 0.615. The second-order valence-corrected chi connectivity index (χ2v) is 5.21. The second-order valence-electron chi connectivity index (χ2n) is 5.21. The summed E-state index contributed by atoms with van der Waals surface area (Å²) in [7, 11) is 0. The highest BCUT2D eigenvalue weighted by Gasteiger charge is 2.28. The number of nitrogens with two attached hydrogens (primary N) is 1. The third kappa shape index (κ3) is 2.04. The Labute approximate surface area is 106 Å². The third-order valence-corrected chi connectivity index (χ3v) is 3.90. The Morgan fingerprint density at radius 1 is 1.44 bits per heavy atom. The molecule has 0 amide bonds. The quantitative estimate of drug-likeness (QED) is 0.782. The van der Waals surface area contributed by atoms with Crippen LogP contribution >= 0.6 is 0 Å². The molecule has 2 aliphatic rings. The number of fused-ring (bicyclic) bond motifs is 1. The van der Waals surface area contributed by atoms with Gasteiger partial charge in [0.2, 0.25) is 0 Å². The minimum Gasteiger partial charge on any atom is -0.330 e. The van der Waals surface area contributed by atoms with Crippen molar-refractivity contribution in [2.24, 2.45) is 11.7 Å². The van der Waals surface area contributed by atoms with Gasteiger partial charge >= 0.3 is 0 Å². The van der Waals surface area contributed by atoms with Crippen LogP contribution in [0, 0.1) is 5.92 Å². The summed E-state index contributed by atoms with van der Waals surface area (Å²) in [5, 5.41) is 3.31. The molecule has 0 spiro atoms. The lowest BCUT2D eigenvalue weighted by Crippen LogP contribution is -2.28. The Balaban J connectivity index is 1.91. The molecule has 3 N–H and O–H groups in total. The average molecular weight is 246 g/mol. The van der Waals surface area contributed by atoms with Crippen molar-refractivity contribution in [2.75, 3.05) is 19.6 Å². The first-order valence-corrected chi connectivity index (χ1v) is 6.57. The first-order chi connectivity index (χ1) is 8.78. The normalized spacial score (nSPS) is 27.3. The SMILES string of the molecule is NCC1CC(=O)c2cnc(C3CCNC3)nc2C1. The van der Waals surface area contributed by atoms with Crippen molar-refractivity contribution in [3.63, 3.8) is 0 Å². The molecule has 5 heteroatoms. The van der Waals surface area contributed by atoms with Crippen molar-refractivity contribution in [3.8, 4) is 0 Å². The number of carbonyl (C=O) groups is 1. The van der Waals surface area contributed by atoms with Crippen molar-refractivity contribution in [1.82, 2.24) is 15.3 Å². The summed E-state index contributed by atoms with van der Waals surface area (Å²) < 4.78 is 0. The summed E-state index contributed by atoms with van der Waals surface area (Å²) >= 11 is 0. The van der Waals surface area contributed by atoms with Gasteiger partial charge in [-0.2, -0.15) is 0 Å². The predicted octanol–water partition coefficient (Wildman–Crippen LogP) is 0.257. The van der Waals surface area contributed by atoms with Crippen LogP contribution in [-0.4, -0.2) is 35.4 Å². The standard InChI is InChI=1S/C13H18N4O/c14-5-8-3-11-10(12(18)4-8)7-16-13(17-11)9-1-2-15-6-9/h7-9,15H,1-6,14H2. The molecule has 2 heterocycles. The maximum atomic E-state index is 11.9. The zero-order valence-corrected chi connectivity index (χ0v) is 10.4. The zero-order valence-electron chi connectivity index (χ0n) is 10.4. The van der Waals surface area contributed by atoms with Gasteiger partial charge in [0.15, 0.2) is 5.78 Å². The number of carbonyl (C=O) groups excluding carboxylic acids is 1. The summed E-state index contributed by atoms with van der Waals surface area (Å²) in [4.78, 5) is 20.9. The van der Waals surface area contributed by atoms with Crippen molar-refractivity contribution < 1.29 is 4.79 Å². The van der Waals surface area contributed by atoms with Gasteiger partial charge in [-0.15, -0.1) is 0 Å². The van der Waals surface area contributed by atoms with Crippen molar-refractivity contribution in [1.29, 1.82) is 0 Å². The molecule has 1 aliphatic heterocycles.